The molecule has 0 aliphatic carbocycles. The summed E-state index contributed by atoms with van der Waals surface area (Å²) in [5.41, 5.74) is -0.663. The first-order valence-electron chi connectivity index (χ1n) is 3.97. The van der Waals surface area contributed by atoms with Crippen LogP contribution in [0.25, 0.3) is 0 Å². The summed E-state index contributed by atoms with van der Waals surface area (Å²) in [6, 6.07) is 5.24. The summed E-state index contributed by atoms with van der Waals surface area (Å²) in [6.07, 6.45) is 0. The van der Waals surface area contributed by atoms with E-state index >= 15 is 0 Å². The molecule has 0 unspecified atom stereocenters. The van der Waals surface area contributed by atoms with Crippen molar-refractivity contribution in [3.05, 3.63) is 24.3 Å². The van der Waals surface area contributed by atoms with Crippen molar-refractivity contribution in [3.63, 3.8) is 0 Å². The molecule has 5 heteroatoms. The molecule has 0 fully saturated rings. The second-order valence-electron chi connectivity index (χ2n) is 2.55. The van der Waals surface area contributed by atoms with Crippen LogP contribution >= 0.6 is 0 Å². The third-order valence-electron chi connectivity index (χ3n) is 1.57. The molecule has 0 N–H and O–H groups in total. The second kappa shape index (κ2) is 3.72. The van der Waals surface area contributed by atoms with Gasteiger partial charge in [-0.1, -0.05) is 23.7 Å². The Morgan fingerprint density at radius 2 is 1.85 bits per heavy atom. The van der Waals surface area contributed by atoms with Crippen LogP contribution in [0.5, 0.6) is 5.75 Å². The molecular weight excluding hydrogens is 180 g/mol. The molecule has 0 aliphatic heterocycles. The van der Waals surface area contributed by atoms with Crippen molar-refractivity contribution in [1.29, 1.82) is 0 Å². The van der Waals surface area contributed by atoms with Gasteiger partial charge in [0.05, 0.1) is 12.4 Å². The molecule has 0 aliphatic rings. The van der Waals surface area contributed by atoms with Crippen LogP contribution in [0.4, 0.5) is 12.9 Å². The maximum atomic E-state index is 12.4. The molecule has 1 aromatic carbocycles. The summed E-state index contributed by atoms with van der Waals surface area (Å²) in [5, 5.41) is 0. The summed E-state index contributed by atoms with van der Waals surface area (Å²) < 4.78 is 41.9. The van der Waals surface area contributed by atoms with Gasteiger partial charge in [-0.3, -0.25) is 0 Å². The van der Waals surface area contributed by atoms with E-state index in [4.69, 9.17) is 4.74 Å². The molecule has 0 saturated carbocycles. The largest absolute Gasteiger partial charge is 0.513 e. The first kappa shape index (κ1) is 9.96. The summed E-state index contributed by atoms with van der Waals surface area (Å²) in [4.78, 5) is 0. The molecule has 72 valence electrons. The molecule has 0 saturated heterocycles. The number of rotatable bonds is 3. The highest BCUT2D eigenvalue weighted by molar-refractivity contribution is 6.74. The lowest BCUT2D eigenvalue weighted by atomic mass is 9.79. The van der Waals surface area contributed by atoms with Gasteiger partial charge in [-0.15, -0.1) is 0 Å². The van der Waals surface area contributed by atoms with E-state index in [1.165, 1.54) is 18.2 Å². The molecular formula is C8H9BF3O-. The van der Waals surface area contributed by atoms with E-state index in [2.05, 4.69) is 0 Å². The Balaban J connectivity index is 3.05. The van der Waals surface area contributed by atoms with Gasteiger partial charge in [-0.2, -0.15) is 0 Å². The van der Waals surface area contributed by atoms with Crippen LogP contribution in [0.3, 0.4) is 0 Å². The Morgan fingerprint density at radius 3 is 2.38 bits per heavy atom. The van der Waals surface area contributed by atoms with Crippen molar-refractivity contribution >= 4 is 12.4 Å². The quantitative estimate of drug-likeness (QED) is 0.661. The Morgan fingerprint density at radius 1 is 1.23 bits per heavy atom. The van der Waals surface area contributed by atoms with Crippen LogP contribution in [-0.2, 0) is 0 Å². The van der Waals surface area contributed by atoms with Gasteiger partial charge in [0.15, 0.2) is 0 Å². The Kier molecular flexibility index (Phi) is 2.85. The van der Waals surface area contributed by atoms with Crippen LogP contribution in [0.15, 0.2) is 24.3 Å². The number of hydrogen-bond acceptors (Lipinski definition) is 1. The minimum absolute atomic E-state index is 0.0856. The van der Waals surface area contributed by atoms with E-state index in [0.29, 0.717) is 0 Å². The van der Waals surface area contributed by atoms with E-state index in [9.17, 15) is 12.9 Å². The molecule has 0 radical (unpaired) electrons. The summed E-state index contributed by atoms with van der Waals surface area (Å²) >= 11 is 0. The highest BCUT2D eigenvalue weighted by atomic mass is 19.4. The number of para-hydroxylation sites is 1. The molecule has 1 nitrogen and oxygen atoms in total. The molecule has 1 aromatic rings. The zero-order valence-electron chi connectivity index (χ0n) is 7.14. The fourth-order valence-electron chi connectivity index (χ4n) is 1.04. The minimum Gasteiger partial charge on any atom is -0.497 e. The zero-order chi connectivity index (χ0) is 9.90. The van der Waals surface area contributed by atoms with Gasteiger partial charge in [-0.25, -0.2) is 0 Å². The molecule has 0 atom stereocenters. The summed E-state index contributed by atoms with van der Waals surface area (Å²) in [5.74, 6) is -0.0856. The standard InChI is InChI=1S/C8H9BF3O/c1-2-13-8-6-4-3-5-7(8)9(10,11)12/h3-6H,2H2,1H3/q-1. The summed E-state index contributed by atoms with van der Waals surface area (Å²) in [6.45, 7) is -3.08. The number of hydrogen-bond donors (Lipinski definition) is 0. The van der Waals surface area contributed by atoms with Crippen LogP contribution in [-0.4, -0.2) is 13.6 Å². The third-order valence-corrected chi connectivity index (χ3v) is 1.57. The monoisotopic (exact) mass is 189 g/mol. The van der Waals surface area contributed by atoms with Crippen molar-refractivity contribution in [2.24, 2.45) is 0 Å². The first-order chi connectivity index (χ1) is 6.05. The maximum Gasteiger partial charge on any atom is 0.513 e. The van der Waals surface area contributed by atoms with Crippen molar-refractivity contribution in [3.8, 4) is 5.75 Å². The highest BCUT2D eigenvalue weighted by Gasteiger charge is 2.28. The second-order valence-corrected chi connectivity index (χ2v) is 2.55. The van der Waals surface area contributed by atoms with Gasteiger partial charge < -0.3 is 17.7 Å². The van der Waals surface area contributed by atoms with E-state index in [0.717, 1.165) is 6.07 Å². The maximum absolute atomic E-state index is 12.4. The average Bonchev–Trinajstić information content (AvgIpc) is 2.04. The van der Waals surface area contributed by atoms with Gasteiger partial charge in [0, 0.05) is 0 Å². The van der Waals surface area contributed by atoms with Crippen LogP contribution in [0.2, 0.25) is 0 Å². The third kappa shape index (κ3) is 2.40. The molecule has 13 heavy (non-hydrogen) atoms. The van der Waals surface area contributed by atoms with E-state index in [1.807, 2.05) is 0 Å². The van der Waals surface area contributed by atoms with Gasteiger partial charge >= 0.3 is 6.98 Å². The molecule has 0 amide bonds. The number of halogens is 3. The van der Waals surface area contributed by atoms with Gasteiger partial charge in [0.2, 0.25) is 0 Å². The lowest BCUT2D eigenvalue weighted by Crippen LogP contribution is -2.35. The zero-order valence-corrected chi connectivity index (χ0v) is 7.14. The minimum atomic E-state index is -4.97. The molecule has 0 aromatic heterocycles. The topological polar surface area (TPSA) is 9.23 Å². The van der Waals surface area contributed by atoms with Crippen molar-refractivity contribution in [1.82, 2.24) is 0 Å². The van der Waals surface area contributed by atoms with Crippen molar-refractivity contribution < 1.29 is 17.7 Å². The first-order valence-corrected chi connectivity index (χ1v) is 3.97. The fourth-order valence-corrected chi connectivity index (χ4v) is 1.04. The Bertz CT molecular complexity index is 285. The smallest absolute Gasteiger partial charge is 0.497 e. The van der Waals surface area contributed by atoms with Crippen LogP contribution < -0.4 is 10.2 Å². The van der Waals surface area contributed by atoms with Gasteiger partial charge in [0.25, 0.3) is 0 Å². The molecule has 0 bridgehead atoms. The molecule has 0 heterocycles. The normalized spacial score (nSPS) is 11.4. The van der Waals surface area contributed by atoms with Gasteiger partial charge in [-0.05, 0) is 13.0 Å². The SMILES string of the molecule is CCOc1ccccc1[B-](F)(F)F. The summed E-state index contributed by atoms with van der Waals surface area (Å²) in [7, 11) is 0. The predicted octanol–water partition coefficient (Wildman–Crippen LogP) is 2.14. The molecule has 1 rings (SSSR count). The van der Waals surface area contributed by atoms with Crippen molar-refractivity contribution in [2.75, 3.05) is 6.61 Å². The number of benzene rings is 1. The highest BCUT2D eigenvalue weighted by Crippen LogP contribution is 2.17. The van der Waals surface area contributed by atoms with E-state index < -0.39 is 12.4 Å². The van der Waals surface area contributed by atoms with Crippen LogP contribution in [0.1, 0.15) is 6.92 Å². The lowest BCUT2D eigenvalue weighted by molar-refractivity contribution is 0.340. The average molecular weight is 189 g/mol. The predicted molar refractivity (Wildman–Crippen MR) is 46.3 cm³/mol. The Hall–Kier alpha value is -1.13. The molecule has 0 spiro atoms. The lowest BCUT2D eigenvalue weighted by Gasteiger charge is -2.18. The van der Waals surface area contributed by atoms with Crippen molar-refractivity contribution in [2.45, 2.75) is 6.92 Å². The number of ether oxygens (including phenoxy) is 1. The fraction of sp³-hybridized carbons (Fsp3) is 0.250. The van der Waals surface area contributed by atoms with E-state index in [-0.39, 0.29) is 12.4 Å². The van der Waals surface area contributed by atoms with Crippen LogP contribution in [0, 0.1) is 0 Å². The van der Waals surface area contributed by atoms with E-state index in [1.54, 1.807) is 6.92 Å². The Labute approximate surface area is 74.6 Å². The van der Waals surface area contributed by atoms with Gasteiger partial charge in [0.1, 0.15) is 0 Å².